The maximum absolute atomic E-state index is 13.2. The van der Waals surface area contributed by atoms with Crippen molar-refractivity contribution in [1.29, 1.82) is 0 Å². The number of hydrogen-bond donors (Lipinski definition) is 1. The van der Waals surface area contributed by atoms with E-state index in [0.29, 0.717) is 25.4 Å². The Bertz CT molecular complexity index is 757. The molecule has 0 aliphatic rings. The molecule has 1 N–H and O–H groups in total. The van der Waals surface area contributed by atoms with Crippen LogP contribution in [0.2, 0.25) is 0 Å². The van der Waals surface area contributed by atoms with E-state index >= 15 is 0 Å². The lowest BCUT2D eigenvalue weighted by Crippen LogP contribution is -2.51. The summed E-state index contributed by atoms with van der Waals surface area (Å²) in [5.74, 6) is 0.245. The molecule has 0 aliphatic carbocycles. The van der Waals surface area contributed by atoms with E-state index in [1.165, 1.54) is 0 Å². The summed E-state index contributed by atoms with van der Waals surface area (Å²) in [6.07, 6.45) is 1.42. The van der Waals surface area contributed by atoms with Crippen LogP contribution in [-0.2, 0) is 22.6 Å². The van der Waals surface area contributed by atoms with E-state index in [4.69, 9.17) is 0 Å². The number of benzene rings is 2. The van der Waals surface area contributed by atoms with Crippen LogP contribution in [-0.4, -0.2) is 29.3 Å². The van der Waals surface area contributed by atoms with Crippen molar-refractivity contribution in [2.75, 3.05) is 6.54 Å². The second-order valence-corrected chi connectivity index (χ2v) is 8.29. The van der Waals surface area contributed by atoms with E-state index < -0.39 is 6.04 Å². The maximum Gasteiger partial charge on any atom is 0.243 e. The predicted molar refractivity (Wildman–Crippen MR) is 118 cm³/mol. The second-order valence-electron chi connectivity index (χ2n) is 8.29. The summed E-state index contributed by atoms with van der Waals surface area (Å²) in [6.45, 7) is 9.09. The van der Waals surface area contributed by atoms with Crippen LogP contribution in [0.1, 0.15) is 45.2 Å². The van der Waals surface area contributed by atoms with Gasteiger partial charge in [-0.3, -0.25) is 9.59 Å². The van der Waals surface area contributed by atoms with Crippen molar-refractivity contribution < 1.29 is 9.59 Å². The average Bonchev–Trinajstić information content (AvgIpc) is 2.71. The average molecular weight is 395 g/mol. The second kappa shape index (κ2) is 11.4. The molecular formula is C25H34N2O2. The molecule has 2 amide bonds. The Morgan fingerprint density at radius 2 is 1.41 bits per heavy atom. The highest BCUT2D eigenvalue weighted by molar-refractivity contribution is 5.88. The lowest BCUT2D eigenvalue weighted by molar-refractivity contribution is -0.143. The van der Waals surface area contributed by atoms with E-state index in [1.54, 1.807) is 4.90 Å². The molecule has 156 valence electrons. The van der Waals surface area contributed by atoms with Gasteiger partial charge in [-0.05, 0) is 23.5 Å². The summed E-state index contributed by atoms with van der Waals surface area (Å²) in [5, 5.41) is 3.06. The first-order valence-electron chi connectivity index (χ1n) is 10.5. The Morgan fingerprint density at radius 3 is 1.93 bits per heavy atom. The van der Waals surface area contributed by atoms with Crippen molar-refractivity contribution in [3.8, 4) is 0 Å². The zero-order valence-corrected chi connectivity index (χ0v) is 18.1. The lowest BCUT2D eigenvalue weighted by Gasteiger charge is -2.33. The standard InChI is InChI=1S/C25H34N2O2/c1-19(2)15-16-26-24(28)23(17-21-11-7-5-8-12-21)27(25(29)20(3)4)18-22-13-9-6-10-14-22/h5-14,19-20,23H,15-18H2,1-4H3,(H,26,28)/t23-/m0/s1. The minimum atomic E-state index is -0.542. The van der Waals surface area contributed by atoms with Gasteiger partial charge in [-0.15, -0.1) is 0 Å². The van der Waals surface area contributed by atoms with E-state index in [0.717, 1.165) is 17.5 Å². The van der Waals surface area contributed by atoms with Crippen LogP contribution >= 0.6 is 0 Å². The molecule has 2 rings (SSSR count). The summed E-state index contributed by atoms with van der Waals surface area (Å²) >= 11 is 0. The van der Waals surface area contributed by atoms with Gasteiger partial charge < -0.3 is 10.2 Å². The van der Waals surface area contributed by atoms with Gasteiger partial charge in [0.25, 0.3) is 0 Å². The quantitative estimate of drug-likeness (QED) is 0.647. The van der Waals surface area contributed by atoms with E-state index in [-0.39, 0.29) is 17.7 Å². The smallest absolute Gasteiger partial charge is 0.243 e. The maximum atomic E-state index is 13.2. The van der Waals surface area contributed by atoms with Gasteiger partial charge in [0.15, 0.2) is 0 Å². The van der Waals surface area contributed by atoms with Gasteiger partial charge in [0.1, 0.15) is 6.04 Å². The van der Waals surface area contributed by atoms with Gasteiger partial charge >= 0.3 is 0 Å². The van der Waals surface area contributed by atoms with Crippen molar-refractivity contribution in [2.24, 2.45) is 11.8 Å². The Kier molecular flexibility index (Phi) is 8.91. The van der Waals surface area contributed by atoms with Crippen LogP contribution in [0.4, 0.5) is 0 Å². The third kappa shape index (κ3) is 7.37. The van der Waals surface area contributed by atoms with Gasteiger partial charge in [0.2, 0.25) is 11.8 Å². The monoisotopic (exact) mass is 394 g/mol. The highest BCUT2D eigenvalue weighted by Gasteiger charge is 2.31. The van der Waals surface area contributed by atoms with E-state index in [1.807, 2.05) is 74.5 Å². The first-order valence-corrected chi connectivity index (χ1v) is 10.5. The van der Waals surface area contributed by atoms with Crippen LogP contribution in [0.3, 0.4) is 0 Å². The largest absolute Gasteiger partial charge is 0.354 e. The fourth-order valence-electron chi connectivity index (χ4n) is 3.24. The molecule has 2 aromatic carbocycles. The molecule has 4 nitrogen and oxygen atoms in total. The lowest BCUT2D eigenvalue weighted by atomic mass is 10.0. The summed E-state index contributed by atoms with van der Waals surface area (Å²) in [6, 6.07) is 19.2. The molecule has 0 bridgehead atoms. The third-order valence-electron chi connectivity index (χ3n) is 4.94. The first kappa shape index (κ1) is 22.7. The molecule has 0 radical (unpaired) electrons. The Morgan fingerprint density at radius 1 is 0.862 bits per heavy atom. The summed E-state index contributed by atoms with van der Waals surface area (Å²) in [4.78, 5) is 28.0. The molecule has 1 atom stereocenters. The molecule has 0 fully saturated rings. The van der Waals surface area contributed by atoms with Crippen LogP contribution in [0, 0.1) is 11.8 Å². The molecular weight excluding hydrogens is 360 g/mol. The van der Waals surface area contributed by atoms with Gasteiger partial charge in [-0.25, -0.2) is 0 Å². The van der Waals surface area contributed by atoms with Crippen LogP contribution in [0.25, 0.3) is 0 Å². The number of carbonyl (C=O) groups excluding carboxylic acids is 2. The molecule has 0 aliphatic heterocycles. The molecule has 0 heterocycles. The number of hydrogen-bond acceptors (Lipinski definition) is 2. The predicted octanol–water partition coefficient (Wildman–Crippen LogP) is 4.44. The first-order chi connectivity index (χ1) is 13.9. The van der Waals surface area contributed by atoms with Crippen molar-refractivity contribution in [2.45, 2.75) is 53.1 Å². The van der Waals surface area contributed by atoms with Gasteiger partial charge in [-0.1, -0.05) is 88.4 Å². The number of nitrogens with one attached hydrogen (secondary N) is 1. The molecule has 2 aromatic rings. The summed E-state index contributed by atoms with van der Waals surface area (Å²) < 4.78 is 0. The Labute approximate surface area is 175 Å². The van der Waals surface area contributed by atoms with Crippen LogP contribution < -0.4 is 5.32 Å². The third-order valence-corrected chi connectivity index (χ3v) is 4.94. The fraction of sp³-hybridized carbons (Fsp3) is 0.440. The molecule has 0 unspecified atom stereocenters. The van der Waals surface area contributed by atoms with Gasteiger partial charge in [-0.2, -0.15) is 0 Å². The van der Waals surface area contributed by atoms with Crippen LogP contribution in [0.15, 0.2) is 60.7 Å². The minimum Gasteiger partial charge on any atom is -0.354 e. The van der Waals surface area contributed by atoms with Crippen LogP contribution in [0.5, 0.6) is 0 Å². The number of nitrogens with zero attached hydrogens (tertiary/aromatic N) is 1. The van der Waals surface area contributed by atoms with Crippen molar-refractivity contribution in [1.82, 2.24) is 10.2 Å². The normalized spacial score (nSPS) is 12.1. The molecule has 29 heavy (non-hydrogen) atoms. The molecule has 4 heteroatoms. The molecule has 0 spiro atoms. The summed E-state index contributed by atoms with van der Waals surface area (Å²) in [5.41, 5.74) is 2.07. The number of amides is 2. The molecule has 0 aromatic heterocycles. The zero-order valence-electron chi connectivity index (χ0n) is 18.1. The van der Waals surface area contributed by atoms with Gasteiger partial charge in [0, 0.05) is 25.4 Å². The fourth-order valence-corrected chi connectivity index (χ4v) is 3.24. The highest BCUT2D eigenvalue weighted by Crippen LogP contribution is 2.17. The SMILES string of the molecule is CC(C)CCNC(=O)[C@H](Cc1ccccc1)N(Cc1ccccc1)C(=O)C(C)C. The molecule has 0 saturated carbocycles. The van der Waals surface area contributed by atoms with Crippen molar-refractivity contribution in [3.63, 3.8) is 0 Å². The number of rotatable bonds is 10. The van der Waals surface area contributed by atoms with Crippen molar-refractivity contribution >= 4 is 11.8 Å². The topological polar surface area (TPSA) is 49.4 Å². The highest BCUT2D eigenvalue weighted by atomic mass is 16.2. The zero-order chi connectivity index (χ0) is 21.2. The Balaban J connectivity index is 2.30. The van der Waals surface area contributed by atoms with Gasteiger partial charge in [0.05, 0.1) is 0 Å². The minimum absolute atomic E-state index is 0.00575. The Hall–Kier alpha value is -2.62. The number of carbonyl (C=O) groups is 2. The molecule has 0 saturated heterocycles. The summed E-state index contributed by atoms with van der Waals surface area (Å²) in [7, 11) is 0. The van der Waals surface area contributed by atoms with E-state index in [9.17, 15) is 9.59 Å². The van der Waals surface area contributed by atoms with Crippen molar-refractivity contribution in [3.05, 3.63) is 71.8 Å². The van der Waals surface area contributed by atoms with E-state index in [2.05, 4.69) is 19.2 Å².